The van der Waals surface area contributed by atoms with Crippen LogP contribution in [0.15, 0.2) is 52.0 Å². The number of aliphatic hydroxyl groups excluding tert-OH is 2. The van der Waals surface area contributed by atoms with E-state index in [4.69, 9.17) is 14.9 Å². The van der Waals surface area contributed by atoms with Crippen LogP contribution in [-0.4, -0.2) is 63.6 Å². The monoisotopic (exact) mass is 503 g/mol. The van der Waals surface area contributed by atoms with Crippen LogP contribution in [0, 0.1) is 16.7 Å². The van der Waals surface area contributed by atoms with E-state index in [1.165, 1.54) is 11.1 Å². The molecule has 3 aliphatic carbocycles. The number of nitrogens with zero attached hydrogens (tertiary/aromatic N) is 2. The molecule has 2 fully saturated rings. The Bertz CT molecular complexity index is 1420. The molecular formula is C30H37N3O4. The lowest BCUT2D eigenvalue weighted by Crippen LogP contribution is -2.63. The summed E-state index contributed by atoms with van der Waals surface area (Å²) in [5.41, 5.74) is 10.5. The minimum atomic E-state index is -0.923. The zero-order valence-corrected chi connectivity index (χ0v) is 22.3. The third-order valence-electron chi connectivity index (χ3n) is 10.8. The second-order valence-corrected chi connectivity index (χ2v) is 12.9. The first-order valence-electron chi connectivity index (χ1n) is 13.5. The molecule has 7 heteroatoms. The summed E-state index contributed by atoms with van der Waals surface area (Å²) >= 11 is 0. The Labute approximate surface area is 217 Å². The summed E-state index contributed by atoms with van der Waals surface area (Å²) in [4.78, 5) is 6.30. The zero-order valence-electron chi connectivity index (χ0n) is 22.3. The molecule has 2 aliphatic heterocycles. The summed E-state index contributed by atoms with van der Waals surface area (Å²) in [6, 6.07) is 6.22. The van der Waals surface area contributed by atoms with Crippen molar-refractivity contribution in [1.29, 1.82) is 0 Å². The predicted octanol–water partition coefficient (Wildman–Crippen LogP) is 4.07. The number of aromatic nitrogens is 1. The van der Waals surface area contributed by atoms with Gasteiger partial charge in [-0.05, 0) is 79.6 Å². The minimum Gasteiger partial charge on any atom is -0.424 e. The van der Waals surface area contributed by atoms with Crippen molar-refractivity contribution in [3.8, 4) is 0 Å². The molecule has 7 unspecified atom stereocenters. The van der Waals surface area contributed by atoms with Crippen molar-refractivity contribution in [3.05, 3.63) is 53.1 Å². The molecule has 1 aromatic heterocycles. The molecule has 2 aromatic rings. The molecule has 1 saturated heterocycles. The SMILES string of the molecule is CN(C)C1CC23CCC4(O2)C(=CC(C)(C)C2(C)C(c5ccc6nc(N)oc6c5)=CCC42)C=C3C(O)C1O. The maximum Gasteiger partial charge on any atom is 0.292 e. The van der Waals surface area contributed by atoms with E-state index in [9.17, 15) is 10.2 Å². The molecule has 1 aromatic carbocycles. The van der Waals surface area contributed by atoms with Gasteiger partial charge in [-0.15, -0.1) is 0 Å². The van der Waals surface area contributed by atoms with Gasteiger partial charge >= 0.3 is 0 Å². The normalized spacial score (nSPS) is 41.7. The number of allylic oxidation sites excluding steroid dienone is 3. The molecule has 3 heterocycles. The lowest BCUT2D eigenvalue weighted by molar-refractivity contribution is -0.170. The summed E-state index contributed by atoms with van der Waals surface area (Å²) in [5.74, 6) is 0.250. The van der Waals surface area contributed by atoms with Crippen molar-refractivity contribution >= 4 is 22.7 Å². The maximum atomic E-state index is 11.3. The number of hydrogen-bond acceptors (Lipinski definition) is 7. The molecular weight excluding hydrogens is 466 g/mol. The second kappa shape index (κ2) is 7.14. The topological polar surface area (TPSA) is 105 Å². The van der Waals surface area contributed by atoms with Crippen LogP contribution in [0.3, 0.4) is 0 Å². The number of likely N-dealkylation sites (N-methyl/N-ethyl adjacent to an activating group) is 1. The van der Waals surface area contributed by atoms with E-state index in [1.54, 1.807) is 0 Å². The number of oxazole rings is 1. The average Bonchev–Trinajstić information content (AvgIpc) is 3.49. The van der Waals surface area contributed by atoms with Crippen molar-refractivity contribution in [2.45, 2.75) is 75.9 Å². The Hall–Kier alpha value is -2.45. The highest BCUT2D eigenvalue weighted by Crippen LogP contribution is 2.71. The van der Waals surface area contributed by atoms with Crippen LogP contribution in [0.4, 0.5) is 6.01 Å². The van der Waals surface area contributed by atoms with E-state index in [-0.39, 0.29) is 28.8 Å². The largest absolute Gasteiger partial charge is 0.424 e. The van der Waals surface area contributed by atoms with Gasteiger partial charge in [0, 0.05) is 17.4 Å². The van der Waals surface area contributed by atoms with E-state index in [2.05, 4.69) is 56.1 Å². The van der Waals surface area contributed by atoms with Crippen LogP contribution >= 0.6 is 0 Å². The molecule has 37 heavy (non-hydrogen) atoms. The number of ether oxygens (including phenoxy) is 1. The van der Waals surface area contributed by atoms with Crippen LogP contribution in [0.1, 0.15) is 52.0 Å². The number of nitrogen functional groups attached to an aromatic ring is 1. The fourth-order valence-electron chi connectivity index (χ4n) is 8.62. The second-order valence-electron chi connectivity index (χ2n) is 12.9. The van der Waals surface area contributed by atoms with Crippen molar-refractivity contribution in [1.82, 2.24) is 9.88 Å². The quantitative estimate of drug-likeness (QED) is 0.567. The highest BCUT2D eigenvalue weighted by Gasteiger charge is 2.70. The van der Waals surface area contributed by atoms with Crippen LogP contribution in [0.5, 0.6) is 0 Å². The van der Waals surface area contributed by atoms with Gasteiger partial charge in [0.15, 0.2) is 5.58 Å². The minimum absolute atomic E-state index is 0.155. The number of aliphatic hydroxyl groups is 2. The maximum absolute atomic E-state index is 11.3. The molecule has 7 nitrogen and oxygen atoms in total. The Morgan fingerprint density at radius 2 is 1.92 bits per heavy atom. The number of benzene rings is 1. The van der Waals surface area contributed by atoms with Crippen molar-refractivity contribution in [2.75, 3.05) is 19.8 Å². The van der Waals surface area contributed by atoms with Crippen LogP contribution < -0.4 is 5.73 Å². The Kier molecular flexibility index (Phi) is 4.57. The highest BCUT2D eigenvalue weighted by atomic mass is 16.5. The number of nitrogens with two attached hydrogens (primary N) is 1. The number of anilines is 1. The van der Waals surface area contributed by atoms with E-state index in [0.29, 0.717) is 12.0 Å². The summed E-state index contributed by atoms with van der Waals surface area (Å²) in [7, 11) is 3.94. The van der Waals surface area contributed by atoms with E-state index in [1.807, 2.05) is 25.1 Å². The lowest BCUT2D eigenvalue weighted by atomic mass is 9.49. The number of hydrogen-bond donors (Lipinski definition) is 3. The fourth-order valence-corrected chi connectivity index (χ4v) is 8.62. The Balaban J connectivity index is 1.36. The summed E-state index contributed by atoms with van der Waals surface area (Å²) in [6.45, 7) is 7.02. The third-order valence-corrected chi connectivity index (χ3v) is 10.8. The number of rotatable bonds is 2. The molecule has 2 spiro atoms. The number of fused-ring (bicyclic) bond motifs is 2. The standard InChI is InChI=1S/C30H37N3O4/c1-27(2)14-17-13-19-24(34)25(35)21(33(4)5)15-29(19)10-11-30(17,37-29)23-9-7-18(28(23,27)3)16-6-8-20-22(12-16)36-26(31)32-20/h6-8,12-14,21,23-25,34-35H,9-11,15H2,1-5H3,(H2,31,32). The first-order valence-corrected chi connectivity index (χ1v) is 13.5. The first kappa shape index (κ1) is 23.7. The van der Waals surface area contributed by atoms with Crippen molar-refractivity contribution in [2.24, 2.45) is 16.7 Å². The van der Waals surface area contributed by atoms with Gasteiger partial charge in [-0.1, -0.05) is 45.1 Å². The summed E-state index contributed by atoms with van der Waals surface area (Å²) < 4.78 is 13.0. The van der Waals surface area contributed by atoms with Crippen molar-refractivity contribution < 1.29 is 19.4 Å². The molecule has 0 amide bonds. The molecule has 7 rings (SSSR count). The molecule has 5 aliphatic rings. The van der Waals surface area contributed by atoms with Crippen LogP contribution in [-0.2, 0) is 4.74 Å². The van der Waals surface area contributed by atoms with Gasteiger partial charge in [-0.25, -0.2) is 0 Å². The molecule has 0 radical (unpaired) electrons. The summed E-state index contributed by atoms with van der Waals surface area (Å²) in [5, 5.41) is 22.2. The van der Waals surface area contributed by atoms with Gasteiger partial charge < -0.3 is 30.0 Å². The van der Waals surface area contributed by atoms with Gasteiger partial charge in [0.2, 0.25) is 0 Å². The smallest absolute Gasteiger partial charge is 0.292 e. The predicted molar refractivity (Wildman–Crippen MR) is 142 cm³/mol. The average molecular weight is 504 g/mol. The van der Waals surface area contributed by atoms with Gasteiger partial charge in [-0.2, -0.15) is 4.98 Å². The third kappa shape index (κ3) is 2.78. The molecule has 7 atom stereocenters. The fraction of sp³-hybridized carbons (Fsp3) is 0.567. The van der Waals surface area contributed by atoms with Gasteiger partial charge in [0.1, 0.15) is 11.6 Å². The molecule has 4 N–H and O–H groups in total. The highest BCUT2D eigenvalue weighted by molar-refractivity contribution is 5.83. The molecule has 2 bridgehead atoms. The Morgan fingerprint density at radius 3 is 2.68 bits per heavy atom. The summed E-state index contributed by atoms with van der Waals surface area (Å²) in [6.07, 6.45) is 8.60. The van der Waals surface area contributed by atoms with Crippen molar-refractivity contribution in [3.63, 3.8) is 0 Å². The lowest BCUT2D eigenvalue weighted by Gasteiger charge is -2.60. The van der Waals surface area contributed by atoms with E-state index in [0.717, 1.165) is 35.9 Å². The van der Waals surface area contributed by atoms with Crippen LogP contribution in [0.25, 0.3) is 16.7 Å². The Morgan fingerprint density at radius 1 is 1.14 bits per heavy atom. The van der Waals surface area contributed by atoms with E-state index < -0.39 is 23.4 Å². The van der Waals surface area contributed by atoms with Gasteiger partial charge in [-0.3, -0.25) is 0 Å². The van der Waals surface area contributed by atoms with Gasteiger partial charge in [0.05, 0.1) is 17.3 Å². The first-order chi connectivity index (χ1) is 17.4. The van der Waals surface area contributed by atoms with E-state index >= 15 is 0 Å². The molecule has 196 valence electrons. The molecule has 1 saturated carbocycles. The zero-order chi connectivity index (χ0) is 26.1. The van der Waals surface area contributed by atoms with Crippen LogP contribution in [0.2, 0.25) is 0 Å². The van der Waals surface area contributed by atoms with Gasteiger partial charge in [0.25, 0.3) is 6.01 Å².